The van der Waals surface area contributed by atoms with Crippen molar-refractivity contribution in [2.24, 2.45) is 5.92 Å². The predicted molar refractivity (Wildman–Crippen MR) is 227 cm³/mol. The quantitative estimate of drug-likeness (QED) is 0.0871. The van der Waals surface area contributed by atoms with Gasteiger partial charge in [-0.3, -0.25) is 9.59 Å². The van der Waals surface area contributed by atoms with Crippen LogP contribution in [-0.2, 0) is 14.3 Å². The Morgan fingerprint density at radius 3 is 2.03 bits per heavy atom. The van der Waals surface area contributed by atoms with E-state index < -0.39 is 42.4 Å². The number of carbonyl (C=O) groups is 4. The summed E-state index contributed by atoms with van der Waals surface area (Å²) >= 11 is 0. The number of halogens is 1. The lowest BCUT2D eigenvalue weighted by Crippen LogP contribution is -2.50. The highest BCUT2D eigenvalue weighted by Gasteiger charge is 2.42. The van der Waals surface area contributed by atoms with Gasteiger partial charge in [0.25, 0.3) is 5.91 Å². The molecule has 5 atom stereocenters. The number of imidazole rings is 2. The van der Waals surface area contributed by atoms with Gasteiger partial charge in [-0.1, -0.05) is 92.7 Å². The van der Waals surface area contributed by atoms with E-state index >= 15 is 0 Å². The van der Waals surface area contributed by atoms with Gasteiger partial charge < -0.3 is 40.2 Å². The molecule has 5 N–H and O–H groups in total. The normalized spacial score (nSPS) is 18.6. The van der Waals surface area contributed by atoms with Crippen molar-refractivity contribution in [1.82, 2.24) is 40.4 Å². The number of amides is 4. The summed E-state index contributed by atoms with van der Waals surface area (Å²) in [6, 6.07) is 26.5. The Morgan fingerprint density at radius 2 is 1.38 bits per heavy atom. The minimum atomic E-state index is -1.26. The van der Waals surface area contributed by atoms with E-state index in [0.29, 0.717) is 23.8 Å². The SMILES string of the molecule is COC(=O)NC(C(=O)N1CC(F)CC1c1ncc(-c2ccc(-c3ccc4cc(-c5cnc(C6CCCN6C(=O)C(NC(=O)O)C(C)C)[nH]5)ccc4c3)cc2)[nH]1)c1ccccc1. The summed E-state index contributed by atoms with van der Waals surface area (Å²) in [7, 11) is 1.22. The second-order valence-electron chi connectivity index (χ2n) is 15.9. The van der Waals surface area contributed by atoms with E-state index in [-0.39, 0.29) is 30.8 Å². The lowest BCUT2D eigenvalue weighted by molar-refractivity contribution is -0.136. The summed E-state index contributed by atoms with van der Waals surface area (Å²) in [5.41, 5.74) is 5.97. The zero-order valence-electron chi connectivity index (χ0n) is 34.0. The fourth-order valence-electron chi connectivity index (χ4n) is 8.44. The third-order valence-corrected chi connectivity index (χ3v) is 11.6. The number of nitrogens with one attached hydrogen (secondary N) is 4. The average molecular weight is 827 g/mol. The first-order chi connectivity index (χ1) is 29.5. The summed E-state index contributed by atoms with van der Waals surface area (Å²) < 4.78 is 19.7. The van der Waals surface area contributed by atoms with Gasteiger partial charge in [-0.25, -0.2) is 23.9 Å². The van der Waals surface area contributed by atoms with E-state index in [1.807, 2.05) is 44.2 Å². The van der Waals surface area contributed by atoms with Crippen LogP contribution in [0.3, 0.4) is 0 Å². The highest BCUT2D eigenvalue weighted by atomic mass is 19.1. The molecule has 0 radical (unpaired) electrons. The number of H-pyrrole nitrogens is 2. The van der Waals surface area contributed by atoms with Gasteiger partial charge >= 0.3 is 12.2 Å². The van der Waals surface area contributed by atoms with E-state index in [1.54, 1.807) is 47.6 Å². The zero-order chi connectivity index (χ0) is 42.8. The number of methoxy groups -OCH3 is 1. The number of rotatable bonds is 11. The van der Waals surface area contributed by atoms with Crippen LogP contribution in [0.15, 0.2) is 103 Å². The number of hydrogen-bond acceptors (Lipinski definition) is 7. The summed E-state index contributed by atoms with van der Waals surface area (Å²) in [4.78, 5) is 70.1. The fourth-order valence-corrected chi connectivity index (χ4v) is 8.44. The maximum absolute atomic E-state index is 15.0. The molecule has 6 aromatic rings. The van der Waals surface area contributed by atoms with Crippen molar-refractivity contribution in [3.8, 4) is 33.6 Å². The first-order valence-electron chi connectivity index (χ1n) is 20.4. The first kappa shape index (κ1) is 40.7. The Balaban J connectivity index is 0.954. The van der Waals surface area contributed by atoms with Crippen LogP contribution in [0, 0.1) is 5.92 Å². The average Bonchev–Trinajstić information content (AvgIpc) is 4.11. The molecule has 61 heavy (non-hydrogen) atoms. The van der Waals surface area contributed by atoms with E-state index in [1.165, 1.54) is 12.0 Å². The molecule has 0 saturated carbocycles. The molecule has 15 heteroatoms. The van der Waals surface area contributed by atoms with Gasteiger partial charge in [-0.05, 0) is 63.9 Å². The number of carbonyl (C=O) groups excluding carboxylic acids is 3. The predicted octanol–water partition coefficient (Wildman–Crippen LogP) is 7.95. The van der Waals surface area contributed by atoms with Crippen LogP contribution in [0.25, 0.3) is 44.4 Å². The molecule has 0 bridgehead atoms. The van der Waals surface area contributed by atoms with E-state index in [9.17, 15) is 28.7 Å². The van der Waals surface area contributed by atoms with Crippen molar-refractivity contribution in [3.63, 3.8) is 0 Å². The van der Waals surface area contributed by atoms with Gasteiger partial charge in [0, 0.05) is 18.5 Å². The van der Waals surface area contributed by atoms with Crippen LogP contribution in [0.1, 0.15) is 68.4 Å². The largest absolute Gasteiger partial charge is 0.465 e. The molecule has 4 aromatic carbocycles. The molecule has 0 aliphatic carbocycles. The topological polar surface area (TPSA) is 186 Å². The Bertz CT molecular complexity index is 2560. The van der Waals surface area contributed by atoms with Crippen LogP contribution in [0.2, 0.25) is 0 Å². The van der Waals surface area contributed by atoms with Gasteiger partial charge in [0.05, 0.1) is 49.5 Å². The Kier molecular flexibility index (Phi) is 11.5. The van der Waals surface area contributed by atoms with E-state index in [2.05, 4.69) is 60.9 Å². The number of aromatic nitrogens is 4. The molecule has 4 amide bonds. The molecule has 0 spiro atoms. The number of aromatic amines is 2. The monoisotopic (exact) mass is 826 g/mol. The molecule has 8 rings (SSSR count). The van der Waals surface area contributed by atoms with Crippen molar-refractivity contribution < 1.29 is 33.4 Å². The molecular weight excluding hydrogens is 780 g/mol. The van der Waals surface area contributed by atoms with E-state index in [4.69, 9.17) is 4.74 Å². The molecule has 2 fully saturated rings. The number of alkyl halides is 1. The number of nitrogens with zero attached hydrogens (tertiary/aromatic N) is 4. The Labute approximate surface area is 351 Å². The van der Waals surface area contributed by atoms with Crippen LogP contribution in [0.4, 0.5) is 14.0 Å². The van der Waals surface area contributed by atoms with E-state index in [0.717, 1.165) is 57.3 Å². The summed E-state index contributed by atoms with van der Waals surface area (Å²) in [6.07, 6.45) is 1.82. The highest BCUT2D eigenvalue weighted by molar-refractivity contribution is 5.91. The minimum Gasteiger partial charge on any atom is -0.465 e. The second kappa shape index (κ2) is 17.3. The second-order valence-corrected chi connectivity index (χ2v) is 15.9. The lowest BCUT2D eigenvalue weighted by atomic mass is 9.98. The van der Waals surface area contributed by atoms with Crippen molar-refractivity contribution in [3.05, 3.63) is 121 Å². The summed E-state index contributed by atoms with van der Waals surface area (Å²) in [6.45, 7) is 4.06. The van der Waals surface area contributed by atoms with Crippen LogP contribution in [-0.4, -0.2) is 91.3 Å². The van der Waals surface area contributed by atoms with Crippen molar-refractivity contribution in [2.45, 2.75) is 63.4 Å². The number of benzene rings is 4. The minimum absolute atomic E-state index is 0.0692. The maximum atomic E-state index is 15.0. The fraction of sp³-hybridized carbons (Fsp3) is 0.304. The number of alkyl carbamates (subject to hydrolysis) is 1. The Morgan fingerprint density at radius 1 is 0.770 bits per heavy atom. The van der Waals surface area contributed by atoms with Crippen LogP contribution >= 0.6 is 0 Å². The summed E-state index contributed by atoms with van der Waals surface area (Å²) in [5, 5.41) is 16.4. The van der Waals surface area contributed by atoms with Crippen molar-refractivity contribution in [2.75, 3.05) is 20.2 Å². The number of likely N-dealkylation sites (tertiary alicyclic amines) is 2. The number of ether oxygens (including phenoxy) is 1. The standard InChI is InChI=1S/C46H47FN8O6/c1-26(2)39(52-45(58)59)43(56)54-19-7-10-37(54)41-48-24-36(51-41)33-18-17-31-20-30(15-16-32(31)21-33)27-11-13-28(14-12-27)35-23-49-42(50-35)38-22-34(47)25-55(38)44(57)40(53-46(60)61-3)29-8-5-4-6-9-29/h4-6,8-9,11-18,20-21,23-24,26,34,37-40,52H,7,10,19,22,25H2,1-3H3,(H,48,51)(H,49,50)(H,53,60)(H,58,59). The molecule has 4 heterocycles. The van der Waals surface area contributed by atoms with Gasteiger partial charge in [0.1, 0.15) is 29.9 Å². The number of carboxylic acid groups (broad SMARTS) is 1. The van der Waals surface area contributed by atoms with Crippen LogP contribution in [0.5, 0.6) is 0 Å². The molecule has 2 aliphatic heterocycles. The maximum Gasteiger partial charge on any atom is 0.407 e. The smallest absolute Gasteiger partial charge is 0.407 e. The number of hydrogen-bond donors (Lipinski definition) is 5. The van der Waals surface area contributed by atoms with Gasteiger partial charge in [-0.15, -0.1) is 0 Å². The Hall–Kier alpha value is -7.03. The lowest BCUT2D eigenvalue weighted by Gasteiger charge is -2.29. The summed E-state index contributed by atoms with van der Waals surface area (Å²) in [5.74, 6) is 0.234. The zero-order valence-corrected chi connectivity index (χ0v) is 34.0. The molecule has 2 aromatic heterocycles. The first-order valence-corrected chi connectivity index (χ1v) is 20.4. The molecule has 5 unspecified atom stereocenters. The number of fused-ring (bicyclic) bond motifs is 1. The molecular formula is C46H47FN8O6. The van der Waals surface area contributed by atoms with Gasteiger partial charge in [0.2, 0.25) is 5.91 Å². The van der Waals surface area contributed by atoms with Crippen LogP contribution < -0.4 is 10.6 Å². The van der Waals surface area contributed by atoms with Gasteiger partial charge in [0.15, 0.2) is 0 Å². The molecule has 314 valence electrons. The van der Waals surface area contributed by atoms with Crippen molar-refractivity contribution >= 4 is 34.8 Å². The third kappa shape index (κ3) is 8.54. The molecule has 14 nitrogen and oxygen atoms in total. The molecule has 2 saturated heterocycles. The molecule has 2 aliphatic rings. The third-order valence-electron chi connectivity index (χ3n) is 11.6. The van der Waals surface area contributed by atoms with Crippen molar-refractivity contribution in [1.29, 1.82) is 0 Å². The van der Waals surface area contributed by atoms with Gasteiger partial charge in [-0.2, -0.15) is 0 Å². The highest BCUT2D eigenvalue weighted by Crippen LogP contribution is 2.37.